The van der Waals surface area contributed by atoms with Crippen molar-refractivity contribution in [3.63, 3.8) is 0 Å². The molecule has 0 aliphatic heterocycles. The minimum Gasteiger partial charge on any atom is -0.428 e. The first kappa shape index (κ1) is 11.2. The van der Waals surface area contributed by atoms with Crippen LogP contribution in [0.25, 0.3) is 11.0 Å². The van der Waals surface area contributed by atoms with Crippen molar-refractivity contribution >= 4 is 11.0 Å². The van der Waals surface area contributed by atoms with Crippen LogP contribution in [0.1, 0.15) is 36.4 Å². The average molecular weight is 249 g/mol. The maximum absolute atomic E-state index is 12.2. The molecule has 0 spiro atoms. The van der Waals surface area contributed by atoms with E-state index in [-0.39, 0.29) is 16.9 Å². The molecule has 0 radical (unpaired) electrons. The highest BCUT2D eigenvalue weighted by molar-refractivity contribution is 5.71. The minimum absolute atomic E-state index is 0.0231. The smallest absolute Gasteiger partial charge is 0.294 e. The van der Waals surface area contributed by atoms with Gasteiger partial charge in [0.05, 0.1) is 4.43 Å². The highest BCUT2D eigenvalue weighted by Crippen LogP contribution is 2.34. The lowest BCUT2D eigenvalue weighted by Crippen LogP contribution is -2.34. The Hall–Kier alpha value is -1.92. The Balaban J connectivity index is 2.50. The third-order valence-electron chi connectivity index (χ3n) is 3.38. The molecular formula is C12H13N2O4+. The molecule has 1 aliphatic carbocycles. The number of rotatable bonds is 0. The van der Waals surface area contributed by atoms with Crippen molar-refractivity contribution in [1.29, 1.82) is 0 Å². The molecule has 0 unspecified atom stereocenters. The van der Waals surface area contributed by atoms with Crippen molar-refractivity contribution in [2.75, 3.05) is 0 Å². The van der Waals surface area contributed by atoms with Crippen LogP contribution < -0.4 is 4.43 Å². The van der Waals surface area contributed by atoms with Crippen LogP contribution in [-0.2, 0) is 0 Å². The van der Waals surface area contributed by atoms with Gasteiger partial charge in [0.25, 0.3) is 11.2 Å². The van der Waals surface area contributed by atoms with Crippen LogP contribution in [0.2, 0.25) is 0 Å². The molecule has 18 heavy (non-hydrogen) atoms. The van der Waals surface area contributed by atoms with Crippen LogP contribution in [-0.4, -0.2) is 20.2 Å². The molecule has 3 N–H and O–H groups in total. The lowest BCUT2D eigenvalue weighted by molar-refractivity contribution is -0.485. The van der Waals surface area contributed by atoms with Gasteiger partial charge in [0.15, 0.2) is 11.2 Å². The third kappa shape index (κ3) is 1.36. The first-order valence-corrected chi connectivity index (χ1v) is 5.76. The Kier molecular flexibility index (Phi) is 2.36. The fourth-order valence-electron chi connectivity index (χ4n) is 2.49. The fourth-order valence-corrected chi connectivity index (χ4v) is 2.49. The summed E-state index contributed by atoms with van der Waals surface area (Å²) in [4.78, 5) is 12.2. The van der Waals surface area contributed by atoms with Crippen LogP contribution in [0.5, 0.6) is 0 Å². The van der Waals surface area contributed by atoms with Gasteiger partial charge < -0.3 is 15.4 Å². The number of nitrogens with zero attached hydrogens (tertiary/aromatic N) is 2. The summed E-state index contributed by atoms with van der Waals surface area (Å²) in [5, 5.41) is 29.9. The predicted octanol–water partition coefficient (Wildman–Crippen LogP) is 0.654. The van der Waals surface area contributed by atoms with Crippen molar-refractivity contribution < 1.29 is 19.8 Å². The molecule has 2 aromatic rings. The van der Waals surface area contributed by atoms with E-state index in [1.54, 1.807) is 24.3 Å². The van der Waals surface area contributed by atoms with Crippen molar-refractivity contribution in [3.8, 4) is 0 Å². The molecular weight excluding hydrogens is 236 g/mol. The van der Waals surface area contributed by atoms with E-state index in [9.17, 15) is 20.3 Å². The topological polar surface area (TPSA) is 88.6 Å². The molecule has 94 valence electrons. The standard InChI is InChI=1S/C12H13N2O4/c15-9-5-6-10(16)12-11(9)13(17)7-3-1-2-4-8(7)14(12)18/h1-4,9-10,15-17H,5-6H2/q+1/t9-,10+/m1/s1. The van der Waals surface area contributed by atoms with Crippen molar-refractivity contribution in [1.82, 2.24) is 4.73 Å². The second kappa shape index (κ2) is 3.79. The number of hydrogen-bond acceptors (Lipinski definition) is 4. The van der Waals surface area contributed by atoms with E-state index >= 15 is 0 Å². The zero-order valence-corrected chi connectivity index (χ0v) is 9.52. The molecule has 0 saturated heterocycles. The van der Waals surface area contributed by atoms with Gasteiger partial charge in [-0.15, -0.1) is 0 Å². The summed E-state index contributed by atoms with van der Waals surface area (Å²) in [6.07, 6.45) is -1.30. The fraction of sp³-hybridized carbons (Fsp3) is 0.333. The minimum atomic E-state index is -0.969. The summed E-state index contributed by atoms with van der Waals surface area (Å²) >= 11 is 0. The van der Waals surface area contributed by atoms with E-state index in [0.717, 1.165) is 4.73 Å². The van der Waals surface area contributed by atoms with Crippen molar-refractivity contribution in [2.24, 2.45) is 0 Å². The Labute approximate surface area is 102 Å². The molecule has 6 heteroatoms. The second-order valence-electron chi connectivity index (χ2n) is 4.47. The van der Waals surface area contributed by atoms with Gasteiger partial charge in [-0.3, -0.25) is 0 Å². The summed E-state index contributed by atoms with van der Waals surface area (Å²) in [6, 6.07) is 6.50. The number of hydrogen-bond donors (Lipinski definition) is 3. The number of aromatic nitrogens is 2. The summed E-state index contributed by atoms with van der Waals surface area (Å²) in [5.41, 5.74) is 0.656. The Morgan fingerprint density at radius 2 is 1.83 bits per heavy atom. The summed E-state index contributed by atoms with van der Waals surface area (Å²) in [7, 11) is 0. The third-order valence-corrected chi connectivity index (χ3v) is 3.38. The van der Waals surface area contributed by atoms with E-state index in [1.165, 1.54) is 0 Å². The van der Waals surface area contributed by atoms with E-state index in [1.807, 2.05) is 0 Å². The van der Waals surface area contributed by atoms with Crippen LogP contribution in [0.3, 0.4) is 0 Å². The molecule has 0 fully saturated rings. The lowest BCUT2D eigenvalue weighted by Gasteiger charge is -2.21. The van der Waals surface area contributed by atoms with Crippen LogP contribution in [0.4, 0.5) is 0 Å². The molecule has 0 bridgehead atoms. The highest BCUT2D eigenvalue weighted by atomic mass is 16.5. The van der Waals surface area contributed by atoms with Crippen LogP contribution in [0, 0.1) is 4.91 Å². The molecule has 1 aromatic heterocycles. The maximum Gasteiger partial charge on any atom is 0.294 e. The number of para-hydroxylation sites is 2. The van der Waals surface area contributed by atoms with Gasteiger partial charge in [0.1, 0.15) is 12.2 Å². The zero-order valence-electron chi connectivity index (χ0n) is 9.52. The van der Waals surface area contributed by atoms with Gasteiger partial charge >= 0.3 is 0 Å². The van der Waals surface area contributed by atoms with Gasteiger partial charge in [-0.1, -0.05) is 12.1 Å². The Morgan fingerprint density at radius 3 is 2.61 bits per heavy atom. The van der Waals surface area contributed by atoms with Crippen LogP contribution >= 0.6 is 0 Å². The van der Waals surface area contributed by atoms with Crippen molar-refractivity contribution in [3.05, 3.63) is 40.6 Å². The average Bonchev–Trinajstić information content (AvgIpc) is 2.38. The van der Waals surface area contributed by atoms with Gasteiger partial charge in [-0.2, -0.15) is 4.73 Å². The zero-order chi connectivity index (χ0) is 12.9. The summed E-state index contributed by atoms with van der Waals surface area (Å²) in [6.45, 7) is 0. The second-order valence-corrected chi connectivity index (χ2v) is 4.47. The van der Waals surface area contributed by atoms with Gasteiger partial charge in [-0.25, -0.2) is 0 Å². The SMILES string of the molecule is O=[n+]1c2c(n(O)c3ccccc31)[C@H](O)CC[C@@H]2O. The number of benzene rings is 1. The predicted molar refractivity (Wildman–Crippen MR) is 61.6 cm³/mol. The normalized spacial score (nSPS) is 23.0. The molecule has 1 aromatic carbocycles. The molecule has 1 aliphatic rings. The monoisotopic (exact) mass is 249 g/mol. The molecule has 3 rings (SSSR count). The largest absolute Gasteiger partial charge is 0.428 e. The van der Waals surface area contributed by atoms with Gasteiger partial charge in [0.2, 0.25) is 0 Å². The van der Waals surface area contributed by atoms with Gasteiger partial charge in [-0.05, 0) is 18.9 Å². The Morgan fingerprint density at radius 1 is 1.17 bits per heavy atom. The number of fused-ring (bicyclic) bond motifs is 2. The first-order chi connectivity index (χ1) is 8.61. The molecule has 6 nitrogen and oxygen atoms in total. The Bertz CT molecular complexity index is 680. The molecule has 0 saturated carbocycles. The van der Waals surface area contributed by atoms with E-state index in [2.05, 4.69) is 0 Å². The highest BCUT2D eigenvalue weighted by Gasteiger charge is 2.38. The first-order valence-electron chi connectivity index (χ1n) is 5.76. The summed E-state index contributed by atoms with van der Waals surface area (Å²) < 4.78 is 1.39. The number of aliphatic hydroxyl groups excluding tert-OH is 2. The maximum atomic E-state index is 12.2. The molecule has 1 heterocycles. The van der Waals surface area contributed by atoms with Gasteiger partial charge in [0, 0.05) is 11.0 Å². The van der Waals surface area contributed by atoms with Crippen molar-refractivity contribution in [2.45, 2.75) is 25.0 Å². The summed E-state index contributed by atoms with van der Waals surface area (Å²) in [5.74, 6) is 0. The van der Waals surface area contributed by atoms with E-state index in [4.69, 9.17) is 0 Å². The van der Waals surface area contributed by atoms with Crippen LogP contribution in [0.15, 0.2) is 24.3 Å². The molecule has 2 atom stereocenters. The lowest BCUT2D eigenvalue weighted by atomic mass is 9.95. The van der Waals surface area contributed by atoms with E-state index < -0.39 is 12.2 Å². The quantitative estimate of drug-likeness (QED) is 0.472. The van der Waals surface area contributed by atoms with E-state index in [0.29, 0.717) is 22.8 Å². The molecule has 0 amide bonds. The number of aliphatic hydroxyl groups is 2.